The fourth-order valence-corrected chi connectivity index (χ4v) is 4.44. The van der Waals surface area contributed by atoms with Crippen molar-refractivity contribution >= 4 is 10.0 Å². The molecule has 0 fully saturated rings. The number of pyridine rings is 2. The van der Waals surface area contributed by atoms with Gasteiger partial charge in [-0.2, -0.15) is 4.31 Å². The molecular weight excluding hydrogens is 352 g/mol. The zero-order valence-corrected chi connectivity index (χ0v) is 14.8. The molecule has 1 atom stereocenters. The maximum Gasteiger partial charge on any atom is 0.245 e. The van der Waals surface area contributed by atoms with E-state index in [1.165, 1.54) is 10.5 Å². The molecule has 8 heteroatoms. The maximum atomic E-state index is 13.1. The minimum Gasteiger partial charge on any atom is -0.486 e. The first-order valence-electron chi connectivity index (χ1n) is 8.24. The van der Waals surface area contributed by atoms with Crippen molar-refractivity contribution in [3.05, 3.63) is 73.1 Å². The summed E-state index contributed by atoms with van der Waals surface area (Å²) in [5.41, 5.74) is 0.926. The Balaban J connectivity index is 1.66. The molecule has 0 spiro atoms. The van der Waals surface area contributed by atoms with Crippen LogP contribution in [0.5, 0.6) is 5.75 Å². The predicted molar refractivity (Wildman–Crippen MR) is 94.9 cm³/mol. The number of sulfonamides is 1. The first-order valence-corrected chi connectivity index (χ1v) is 9.68. The monoisotopic (exact) mass is 370 g/mol. The predicted octanol–water partition coefficient (Wildman–Crippen LogP) is 1.93. The van der Waals surface area contributed by atoms with E-state index < -0.39 is 10.0 Å². The van der Waals surface area contributed by atoms with E-state index in [0.29, 0.717) is 12.3 Å². The second-order valence-corrected chi connectivity index (χ2v) is 8.00. The molecule has 1 unspecified atom stereocenters. The van der Waals surface area contributed by atoms with Gasteiger partial charge in [0, 0.05) is 30.5 Å². The molecule has 1 aliphatic heterocycles. The van der Waals surface area contributed by atoms with E-state index in [0.717, 1.165) is 5.69 Å². The molecule has 3 aromatic heterocycles. The molecule has 4 heterocycles. The van der Waals surface area contributed by atoms with Crippen LogP contribution in [0.4, 0.5) is 0 Å². The minimum atomic E-state index is -3.67. The van der Waals surface area contributed by atoms with Gasteiger partial charge >= 0.3 is 0 Å². The highest BCUT2D eigenvalue weighted by Crippen LogP contribution is 2.23. The van der Waals surface area contributed by atoms with Crippen LogP contribution in [0.15, 0.2) is 72.3 Å². The molecule has 0 amide bonds. The average molecular weight is 370 g/mol. The Morgan fingerprint density at radius 1 is 1.00 bits per heavy atom. The molecule has 4 rings (SSSR count). The lowest BCUT2D eigenvalue weighted by Crippen LogP contribution is -2.38. The molecule has 0 saturated heterocycles. The van der Waals surface area contributed by atoms with Gasteiger partial charge in [0.25, 0.3) is 0 Å². The van der Waals surface area contributed by atoms with Gasteiger partial charge in [-0.15, -0.1) is 0 Å². The highest BCUT2D eigenvalue weighted by molar-refractivity contribution is 7.89. The SMILES string of the molecule is O=S(=O)(c1cccnc1)N1Cc2cccn2CC(Oc2cccnc2)C1. The summed E-state index contributed by atoms with van der Waals surface area (Å²) < 4.78 is 35.7. The molecule has 0 saturated carbocycles. The molecule has 0 bridgehead atoms. The van der Waals surface area contributed by atoms with Crippen LogP contribution in [-0.2, 0) is 23.1 Å². The van der Waals surface area contributed by atoms with E-state index in [2.05, 4.69) is 9.97 Å². The largest absolute Gasteiger partial charge is 0.486 e. The molecule has 7 nitrogen and oxygen atoms in total. The number of hydrogen-bond acceptors (Lipinski definition) is 5. The van der Waals surface area contributed by atoms with E-state index in [4.69, 9.17) is 4.74 Å². The van der Waals surface area contributed by atoms with Gasteiger partial charge in [-0.05, 0) is 36.4 Å². The highest BCUT2D eigenvalue weighted by atomic mass is 32.2. The van der Waals surface area contributed by atoms with Gasteiger partial charge in [-0.1, -0.05) is 0 Å². The van der Waals surface area contributed by atoms with Gasteiger partial charge in [0.1, 0.15) is 16.7 Å². The normalized spacial score (nSPS) is 18.1. The molecule has 3 aromatic rings. The van der Waals surface area contributed by atoms with Gasteiger partial charge in [0.05, 0.1) is 25.8 Å². The quantitative estimate of drug-likeness (QED) is 0.701. The second-order valence-electron chi connectivity index (χ2n) is 6.07. The fraction of sp³-hybridized carbons (Fsp3) is 0.222. The number of ether oxygens (including phenoxy) is 1. The zero-order chi connectivity index (χ0) is 18.0. The van der Waals surface area contributed by atoms with Crippen molar-refractivity contribution in [3.8, 4) is 5.75 Å². The van der Waals surface area contributed by atoms with Gasteiger partial charge in [0.15, 0.2) is 0 Å². The lowest BCUT2D eigenvalue weighted by molar-refractivity contribution is 0.160. The van der Waals surface area contributed by atoms with E-state index in [1.54, 1.807) is 36.8 Å². The summed E-state index contributed by atoms with van der Waals surface area (Å²) in [5.74, 6) is 0.617. The topological polar surface area (TPSA) is 77.3 Å². The third-order valence-electron chi connectivity index (χ3n) is 4.28. The Bertz CT molecular complexity index is 974. The lowest BCUT2D eigenvalue weighted by Gasteiger charge is -2.24. The molecule has 26 heavy (non-hydrogen) atoms. The summed E-state index contributed by atoms with van der Waals surface area (Å²) in [6.45, 7) is 1.10. The molecule has 0 radical (unpaired) electrons. The molecule has 134 valence electrons. The van der Waals surface area contributed by atoms with Gasteiger partial charge < -0.3 is 9.30 Å². The summed E-state index contributed by atoms with van der Waals surface area (Å²) in [6.07, 6.45) is 7.83. The van der Waals surface area contributed by atoms with Gasteiger partial charge in [-0.3, -0.25) is 9.97 Å². The number of fused-ring (bicyclic) bond motifs is 1. The summed E-state index contributed by atoms with van der Waals surface area (Å²) in [5, 5.41) is 0. The third-order valence-corrected chi connectivity index (χ3v) is 6.07. The Hall–Kier alpha value is -2.71. The third kappa shape index (κ3) is 3.33. The average Bonchev–Trinajstić information content (AvgIpc) is 3.01. The minimum absolute atomic E-state index is 0.181. The van der Waals surface area contributed by atoms with Crippen molar-refractivity contribution in [1.82, 2.24) is 18.8 Å². The fourth-order valence-electron chi connectivity index (χ4n) is 3.04. The highest BCUT2D eigenvalue weighted by Gasteiger charge is 2.32. The number of nitrogens with zero attached hydrogens (tertiary/aromatic N) is 4. The Morgan fingerprint density at radius 2 is 1.81 bits per heavy atom. The number of aromatic nitrogens is 3. The van der Waals surface area contributed by atoms with Crippen LogP contribution < -0.4 is 4.74 Å². The van der Waals surface area contributed by atoms with Crippen LogP contribution >= 0.6 is 0 Å². The van der Waals surface area contributed by atoms with Crippen LogP contribution in [0.2, 0.25) is 0 Å². The number of rotatable bonds is 4. The Kier molecular flexibility index (Phi) is 4.44. The summed E-state index contributed by atoms with van der Waals surface area (Å²) in [6, 6.07) is 10.6. The summed E-state index contributed by atoms with van der Waals surface area (Å²) in [4.78, 5) is 8.17. The van der Waals surface area contributed by atoms with Crippen molar-refractivity contribution in [2.75, 3.05) is 6.54 Å². The Morgan fingerprint density at radius 3 is 2.54 bits per heavy atom. The van der Waals surface area contributed by atoms with Gasteiger partial charge in [-0.25, -0.2) is 8.42 Å². The standard InChI is InChI=1S/C18H18N4O3S/c23-26(24,18-6-2-8-20-11-18)22-12-15-4-3-9-21(15)13-17(14-22)25-16-5-1-7-19-10-16/h1-11,17H,12-14H2. The van der Waals surface area contributed by atoms with E-state index >= 15 is 0 Å². The smallest absolute Gasteiger partial charge is 0.245 e. The van der Waals surface area contributed by atoms with Crippen molar-refractivity contribution in [1.29, 1.82) is 0 Å². The molecule has 0 N–H and O–H groups in total. The first-order chi connectivity index (χ1) is 12.6. The first kappa shape index (κ1) is 16.7. The molecular formula is C18H18N4O3S. The van der Waals surface area contributed by atoms with Crippen molar-refractivity contribution in [2.24, 2.45) is 0 Å². The number of hydrogen-bond donors (Lipinski definition) is 0. The van der Waals surface area contributed by atoms with E-state index in [-0.39, 0.29) is 24.1 Å². The van der Waals surface area contributed by atoms with Crippen LogP contribution in [0.3, 0.4) is 0 Å². The van der Waals surface area contributed by atoms with Crippen LogP contribution in [0.25, 0.3) is 0 Å². The van der Waals surface area contributed by atoms with E-state index in [9.17, 15) is 8.42 Å². The van der Waals surface area contributed by atoms with Crippen LogP contribution in [-0.4, -0.2) is 39.9 Å². The van der Waals surface area contributed by atoms with Gasteiger partial charge in [0.2, 0.25) is 10.0 Å². The van der Waals surface area contributed by atoms with Crippen LogP contribution in [0, 0.1) is 0 Å². The van der Waals surface area contributed by atoms with Crippen molar-refractivity contribution in [3.63, 3.8) is 0 Å². The zero-order valence-electron chi connectivity index (χ0n) is 14.0. The maximum absolute atomic E-state index is 13.1. The molecule has 0 aromatic carbocycles. The molecule has 0 aliphatic carbocycles. The Labute approximate surface area is 151 Å². The van der Waals surface area contributed by atoms with E-state index in [1.807, 2.05) is 29.0 Å². The summed E-state index contributed by atoms with van der Waals surface area (Å²) >= 11 is 0. The lowest BCUT2D eigenvalue weighted by atomic mass is 10.3. The molecule has 1 aliphatic rings. The second kappa shape index (κ2) is 6.89. The summed E-state index contributed by atoms with van der Waals surface area (Å²) in [7, 11) is -3.67. The van der Waals surface area contributed by atoms with Crippen molar-refractivity contribution < 1.29 is 13.2 Å². The van der Waals surface area contributed by atoms with Crippen molar-refractivity contribution in [2.45, 2.75) is 24.1 Å². The van der Waals surface area contributed by atoms with Crippen LogP contribution in [0.1, 0.15) is 5.69 Å².